The number of aryl methyl sites for hydroxylation is 2. The first kappa shape index (κ1) is 29.9. The summed E-state index contributed by atoms with van der Waals surface area (Å²) in [7, 11) is -3.81. The zero-order chi connectivity index (χ0) is 27.2. The van der Waals surface area contributed by atoms with Crippen molar-refractivity contribution < 1.29 is 18.0 Å². The Kier molecular flexibility index (Phi) is 10.6. The molecule has 10 heteroatoms. The summed E-state index contributed by atoms with van der Waals surface area (Å²) in [6.07, 6.45) is 2.10. The lowest BCUT2D eigenvalue weighted by Gasteiger charge is -2.34. The highest BCUT2D eigenvalue weighted by Gasteiger charge is 2.33. The van der Waals surface area contributed by atoms with E-state index in [1.54, 1.807) is 44.2 Å². The number of anilines is 1. The first-order valence-electron chi connectivity index (χ1n) is 11.9. The van der Waals surface area contributed by atoms with E-state index in [0.717, 1.165) is 28.1 Å². The van der Waals surface area contributed by atoms with Crippen LogP contribution < -0.4 is 9.62 Å². The molecular weight excluding hydrogens is 521 g/mol. The lowest BCUT2D eigenvalue weighted by atomic mass is 10.1. The molecule has 1 N–H and O–H groups in total. The van der Waals surface area contributed by atoms with Gasteiger partial charge in [-0.3, -0.25) is 13.9 Å². The number of amides is 2. The van der Waals surface area contributed by atoms with Crippen LogP contribution in [0.4, 0.5) is 5.69 Å². The third-order valence-corrected chi connectivity index (χ3v) is 7.91. The van der Waals surface area contributed by atoms with Crippen LogP contribution in [0, 0.1) is 13.8 Å². The summed E-state index contributed by atoms with van der Waals surface area (Å²) < 4.78 is 26.6. The Bertz CT molecular complexity index is 1180. The third-order valence-electron chi connectivity index (χ3n) is 6.08. The molecule has 0 unspecified atom stereocenters. The molecule has 0 saturated carbocycles. The van der Waals surface area contributed by atoms with Gasteiger partial charge in [0.1, 0.15) is 12.6 Å². The highest BCUT2D eigenvalue weighted by molar-refractivity contribution is 7.92. The third kappa shape index (κ3) is 7.60. The topological polar surface area (TPSA) is 86.8 Å². The number of carbonyl (C=O) groups is 2. The summed E-state index contributed by atoms with van der Waals surface area (Å²) in [5, 5.41) is 3.64. The van der Waals surface area contributed by atoms with E-state index in [1.807, 2.05) is 26.8 Å². The lowest BCUT2D eigenvalue weighted by Crippen LogP contribution is -2.53. The van der Waals surface area contributed by atoms with Crippen LogP contribution in [-0.4, -0.2) is 50.0 Å². The maximum absolute atomic E-state index is 13.8. The van der Waals surface area contributed by atoms with Gasteiger partial charge < -0.3 is 10.2 Å². The summed E-state index contributed by atoms with van der Waals surface area (Å²) in [5.41, 5.74) is 2.58. The number of benzene rings is 2. The van der Waals surface area contributed by atoms with Crippen LogP contribution in [0.2, 0.25) is 10.0 Å². The predicted octanol–water partition coefficient (Wildman–Crippen LogP) is 5.10. The normalized spacial score (nSPS) is 13.1. The van der Waals surface area contributed by atoms with Crippen LogP contribution in [0.1, 0.15) is 50.3 Å². The summed E-state index contributed by atoms with van der Waals surface area (Å²) in [4.78, 5) is 28.4. The minimum atomic E-state index is -3.81. The molecule has 0 fully saturated rings. The molecule has 2 aromatic carbocycles. The van der Waals surface area contributed by atoms with Gasteiger partial charge in [-0.2, -0.15) is 0 Å². The fraction of sp³-hybridized carbons (Fsp3) is 0.462. The zero-order valence-corrected chi connectivity index (χ0v) is 24.0. The van der Waals surface area contributed by atoms with Crippen molar-refractivity contribution in [3.63, 3.8) is 0 Å². The van der Waals surface area contributed by atoms with Crippen LogP contribution in [0.15, 0.2) is 36.4 Å². The number of halogens is 2. The summed E-state index contributed by atoms with van der Waals surface area (Å²) >= 11 is 12.8. The average Bonchev–Trinajstić information content (AvgIpc) is 2.78. The van der Waals surface area contributed by atoms with Crippen LogP contribution in [0.5, 0.6) is 0 Å². The standard InChI is InChI=1S/C26H35Cl2N3O4S/c1-7-19(5)29-26(33)23(8-2)30(15-20-21(27)10-9-11-22(20)28)25(32)16-31(36(6,34)35)24-13-12-17(3)14-18(24)4/h9-14,19,23H,7-8,15-16H2,1-6H3,(H,29,33)/t19-,23+/m0/s1. The van der Waals surface area contributed by atoms with Crippen molar-refractivity contribution in [1.29, 1.82) is 0 Å². The van der Waals surface area contributed by atoms with E-state index < -0.39 is 28.5 Å². The molecule has 2 amide bonds. The van der Waals surface area contributed by atoms with Gasteiger partial charge in [0.05, 0.1) is 11.9 Å². The Labute approximate surface area is 224 Å². The van der Waals surface area contributed by atoms with Crippen LogP contribution >= 0.6 is 23.2 Å². The average molecular weight is 557 g/mol. The van der Waals surface area contributed by atoms with Gasteiger partial charge >= 0.3 is 0 Å². The van der Waals surface area contributed by atoms with Crippen molar-refractivity contribution >= 4 is 50.7 Å². The molecule has 7 nitrogen and oxygen atoms in total. The second-order valence-corrected chi connectivity index (χ2v) is 11.7. The number of hydrogen-bond acceptors (Lipinski definition) is 4. The maximum Gasteiger partial charge on any atom is 0.244 e. The first-order valence-corrected chi connectivity index (χ1v) is 14.5. The zero-order valence-electron chi connectivity index (χ0n) is 21.6. The Hall–Kier alpha value is -2.29. The van der Waals surface area contributed by atoms with Crippen molar-refractivity contribution in [2.24, 2.45) is 0 Å². The van der Waals surface area contributed by atoms with Gasteiger partial charge in [0.2, 0.25) is 21.8 Å². The largest absolute Gasteiger partial charge is 0.352 e. The molecule has 36 heavy (non-hydrogen) atoms. The van der Waals surface area contributed by atoms with Gasteiger partial charge in [0, 0.05) is 28.2 Å². The van der Waals surface area contributed by atoms with Gasteiger partial charge in [0.15, 0.2) is 0 Å². The van der Waals surface area contributed by atoms with E-state index in [2.05, 4.69) is 5.32 Å². The maximum atomic E-state index is 13.8. The highest BCUT2D eigenvalue weighted by atomic mass is 35.5. The molecule has 0 bridgehead atoms. The fourth-order valence-corrected chi connectivity index (χ4v) is 5.32. The molecule has 0 spiro atoms. The summed E-state index contributed by atoms with van der Waals surface area (Å²) in [6.45, 7) is 8.81. The first-order chi connectivity index (χ1) is 16.8. The van der Waals surface area contributed by atoms with Gasteiger partial charge in [-0.05, 0) is 57.4 Å². The summed E-state index contributed by atoms with van der Waals surface area (Å²) in [6, 6.07) is 9.40. The van der Waals surface area contributed by atoms with Gasteiger partial charge in [0.25, 0.3) is 0 Å². The predicted molar refractivity (Wildman–Crippen MR) is 147 cm³/mol. The lowest BCUT2D eigenvalue weighted by molar-refractivity contribution is -0.140. The summed E-state index contributed by atoms with van der Waals surface area (Å²) in [5.74, 6) is -0.858. The van der Waals surface area contributed by atoms with E-state index in [-0.39, 0.29) is 18.5 Å². The van der Waals surface area contributed by atoms with Crippen molar-refractivity contribution in [3.8, 4) is 0 Å². The smallest absolute Gasteiger partial charge is 0.244 e. The monoisotopic (exact) mass is 555 g/mol. The quantitative estimate of drug-likeness (QED) is 0.418. The number of rotatable bonds is 11. The van der Waals surface area contributed by atoms with Gasteiger partial charge in [-0.1, -0.05) is 60.8 Å². The molecule has 198 valence electrons. The SMILES string of the molecule is CC[C@H](C(=O)N[C@@H](C)CC)N(Cc1c(Cl)cccc1Cl)C(=O)CN(c1ccc(C)cc1C)S(C)(=O)=O. The van der Waals surface area contributed by atoms with Crippen LogP contribution in [0.25, 0.3) is 0 Å². The molecular formula is C26H35Cl2N3O4S. The molecule has 0 heterocycles. The Morgan fingerprint density at radius 3 is 2.14 bits per heavy atom. The van der Waals surface area contributed by atoms with E-state index in [1.165, 1.54) is 4.90 Å². The second-order valence-electron chi connectivity index (χ2n) is 9.02. The molecule has 2 atom stereocenters. The number of carbonyl (C=O) groups excluding carboxylic acids is 2. The Morgan fingerprint density at radius 1 is 1.03 bits per heavy atom. The fourth-order valence-electron chi connectivity index (χ4n) is 3.89. The molecule has 2 rings (SSSR count). The van der Waals surface area contributed by atoms with Crippen molar-refractivity contribution in [3.05, 3.63) is 63.1 Å². The Balaban J connectivity index is 2.53. The minimum Gasteiger partial charge on any atom is -0.352 e. The molecule has 0 aliphatic carbocycles. The number of nitrogens with zero attached hydrogens (tertiary/aromatic N) is 2. The van der Waals surface area contributed by atoms with E-state index >= 15 is 0 Å². The minimum absolute atomic E-state index is 0.0474. The van der Waals surface area contributed by atoms with Crippen molar-refractivity contribution in [1.82, 2.24) is 10.2 Å². The van der Waals surface area contributed by atoms with E-state index in [9.17, 15) is 18.0 Å². The highest BCUT2D eigenvalue weighted by Crippen LogP contribution is 2.28. The van der Waals surface area contributed by atoms with Crippen molar-refractivity contribution in [2.75, 3.05) is 17.1 Å². The molecule has 0 aliphatic rings. The van der Waals surface area contributed by atoms with E-state index in [0.29, 0.717) is 27.7 Å². The second kappa shape index (κ2) is 12.8. The van der Waals surface area contributed by atoms with Crippen LogP contribution in [-0.2, 0) is 26.2 Å². The number of sulfonamides is 1. The number of nitrogens with one attached hydrogen (secondary N) is 1. The molecule has 0 saturated heterocycles. The number of hydrogen-bond donors (Lipinski definition) is 1. The Morgan fingerprint density at radius 2 is 1.64 bits per heavy atom. The van der Waals surface area contributed by atoms with Crippen molar-refractivity contribution in [2.45, 2.75) is 66.1 Å². The molecule has 0 radical (unpaired) electrons. The van der Waals surface area contributed by atoms with Gasteiger partial charge in [-0.25, -0.2) is 8.42 Å². The van der Waals surface area contributed by atoms with E-state index in [4.69, 9.17) is 23.2 Å². The molecule has 0 aliphatic heterocycles. The van der Waals surface area contributed by atoms with Crippen LogP contribution in [0.3, 0.4) is 0 Å². The molecule has 0 aromatic heterocycles. The van der Waals surface area contributed by atoms with Gasteiger partial charge in [-0.15, -0.1) is 0 Å². The molecule has 2 aromatic rings.